The summed E-state index contributed by atoms with van der Waals surface area (Å²) in [5, 5.41) is 8.04. The summed E-state index contributed by atoms with van der Waals surface area (Å²) in [4.78, 5) is 20.9. The molecule has 0 fully saturated rings. The quantitative estimate of drug-likeness (QED) is 0.659. The van der Waals surface area contributed by atoms with E-state index in [0.29, 0.717) is 27.3 Å². The van der Waals surface area contributed by atoms with E-state index in [-0.39, 0.29) is 5.91 Å². The number of amides is 1. The number of nitrogens with one attached hydrogen (secondary N) is 1. The second-order valence-corrected chi connectivity index (χ2v) is 7.01. The molecule has 2 aromatic heterocycles. The minimum absolute atomic E-state index is 0.269. The molecule has 25 heavy (non-hydrogen) atoms. The van der Waals surface area contributed by atoms with E-state index >= 15 is 0 Å². The number of carbonyl (C=O) groups excluding carboxylic acids is 1. The monoisotopic (exact) mass is 439 g/mol. The minimum atomic E-state index is -0.398. The van der Waals surface area contributed by atoms with Crippen LogP contribution in [0.1, 0.15) is 29.1 Å². The zero-order chi connectivity index (χ0) is 18.0. The average Bonchev–Trinajstić information content (AvgIpc) is 3.04. The van der Waals surface area contributed by atoms with Crippen LogP contribution in [-0.2, 0) is 0 Å². The van der Waals surface area contributed by atoms with Crippen LogP contribution in [0.15, 0.2) is 47.3 Å². The number of pyridine rings is 1. The van der Waals surface area contributed by atoms with E-state index in [1.54, 1.807) is 35.0 Å². The second kappa shape index (κ2) is 7.51. The van der Waals surface area contributed by atoms with E-state index in [9.17, 15) is 4.79 Å². The minimum Gasteiger partial charge on any atom is -0.342 e. The Bertz CT molecular complexity index is 893. The Morgan fingerprint density at radius 2 is 2.00 bits per heavy atom. The molecule has 0 aliphatic rings. The van der Waals surface area contributed by atoms with Crippen molar-refractivity contribution < 1.29 is 4.79 Å². The third kappa shape index (κ3) is 4.18. The lowest BCUT2D eigenvalue weighted by Gasteiger charge is -2.14. The first kappa shape index (κ1) is 17.8. The van der Waals surface area contributed by atoms with Crippen LogP contribution in [0, 0.1) is 0 Å². The van der Waals surface area contributed by atoms with Gasteiger partial charge in [-0.3, -0.25) is 4.79 Å². The number of hydrogen-bond donors (Lipinski definition) is 1. The van der Waals surface area contributed by atoms with Crippen LogP contribution < -0.4 is 5.32 Å². The fraction of sp³-hybridized carbons (Fsp3) is 0.125. The SMILES string of the molecule is C[C@H](NC(=O)c1cc(Cl)cc(Br)c1)c1ncnn1-c1ccc(Cl)cn1. The highest BCUT2D eigenvalue weighted by atomic mass is 79.9. The first-order chi connectivity index (χ1) is 11.9. The zero-order valence-corrected chi connectivity index (χ0v) is 16.0. The lowest BCUT2D eigenvalue weighted by Crippen LogP contribution is -2.28. The van der Waals surface area contributed by atoms with Gasteiger partial charge in [0.25, 0.3) is 5.91 Å². The number of aromatic nitrogens is 4. The number of hydrogen-bond acceptors (Lipinski definition) is 4. The zero-order valence-electron chi connectivity index (χ0n) is 12.9. The first-order valence-electron chi connectivity index (χ1n) is 7.23. The van der Waals surface area contributed by atoms with Crippen molar-refractivity contribution in [2.45, 2.75) is 13.0 Å². The van der Waals surface area contributed by atoms with E-state index in [2.05, 4.69) is 36.3 Å². The Morgan fingerprint density at radius 1 is 1.20 bits per heavy atom. The van der Waals surface area contributed by atoms with Crippen molar-refractivity contribution in [2.75, 3.05) is 0 Å². The third-order valence-corrected chi connectivity index (χ3v) is 4.26. The van der Waals surface area contributed by atoms with E-state index in [1.165, 1.54) is 12.5 Å². The van der Waals surface area contributed by atoms with Gasteiger partial charge in [-0.2, -0.15) is 9.78 Å². The van der Waals surface area contributed by atoms with Crippen molar-refractivity contribution in [3.05, 3.63) is 68.8 Å². The summed E-state index contributed by atoms with van der Waals surface area (Å²) in [7, 11) is 0. The molecule has 3 rings (SSSR count). The first-order valence-corrected chi connectivity index (χ1v) is 8.78. The molecule has 2 heterocycles. The highest BCUT2D eigenvalue weighted by molar-refractivity contribution is 9.10. The molecule has 1 atom stereocenters. The van der Waals surface area contributed by atoms with Gasteiger partial charge in [0, 0.05) is 21.3 Å². The Balaban J connectivity index is 1.82. The van der Waals surface area contributed by atoms with Gasteiger partial charge < -0.3 is 5.32 Å². The fourth-order valence-electron chi connectivity index (χ4n) is 2.24. The molecular formula is C16H12BrCl2N5O. The fourth-order valence-corrected chi connectivity index (χ4v) is 3.22. The molecule has 1 amide bonds. The maximum absolute atomic E-state index is 12.5. The van der Waals surface area contributed by atoms with Crippen molar-refractivity contribution >= 4 is 45.0 Å². The molecule has 0 saturated heterocycles. The molecule has 1 aromatic carbocycles. The van der Waals surface area contributed by atoms with Crippen LogP contribution in [0.2, 0.25) is 10.0 Å². The van der Waals surface area contributed by atoms with Crippen LogP contribution >= 0.6 is 39.1 Å². The Kier molecular flexibility index (Phi) is 5.36. The molecule has 3 aromatic rings. The van der Waals surface area contributed by atoms with Gasteiger partial charge in [-0.15, -0.1) is 0 Å². The lowest BCUT2D eigenvalue weighted by molar-refractivity contribution is 0.0938. The molecule has 1 N–H and O–H groups in total. The number of rotatable bonds is 4. The molecule has 128 valence electrons. The Labute approximate surface area is 162 Å². The van der Waals surface area contributed by atoms with E-state index < -0.39 is 6.04 Å². The van der Waals surface area contributed by atoms with Crippen LogP contribution in [0.3, 0.4) is 0 Å². The van der Waals surface area contributed by atoms with E-state index in [4.69, 9.17) is 23.2 Å². The average molecular weight is 441 g/mol. The summed E-state index contributed by atoms with van der Waals surface area (Å²) in [6, 6.07) is 8.04. The summed E-state index contributed by atoms with van der Waals surface area (Å²) >= 11 is 15.2. The number of nitrogens with zero attached hydrogens (tertiary/aromatic N) is 4. The van der Waals surface area contributed by atoms with Crippen molar-refractivity contribution in [1.82, 2.24) is 25.1 Å². The molecule has 0 aliphatic carbocycles. The standard InChI is InChI=1S/C16H12BrCl2N5O/c1-9(23-16(25)10-4-11(17)6-13(19)5-10)15-21-8-22-24(15)14-3-2-12(18)7-20-14/h2-9H,1H3,(H,23,25)/t9-/m0/s1. The maximum Gasteiger partial charge on any atom is 0.251 e. The maximum atomic E-state index is 12.5. The molecule has 6 nitrogen and oxygen atoms in total. The van der Waals surface area contributed by atoms with Crippen LogP contribution in [-0.4, -0.2) is 25.7 Å². The number of benzene rings is 1. The summed E-state index contributed by atoms with van der Waals surface area (Å²) in [5.74, 6) is 0.835. The summed E-state index contributed by atoms with van der Waals surface area (Å²) in [6.45, 7) is 1.81. The molecule has 9 heteroatoms. The highest BCUT2D eigenvalue weighted by Crippen LogP contribution is 2.21. The molecule has 0 spiro atoms. The molecular weight excluding hydrogens is 429 g/mol. The molecule has 0 bridgehead atoms. The predicted octanol–water partition coefficient (Wildman–Crippen LogP) is 4.22. The summed E-state index contributed by atoms with van der Waals surface area (Å²) in [5.41, 5.74) is 0.446. The topological polar surface area (TPSA) is 72.7 Å². The molecule has 0 unspecified atom stereocenters. The van der Waals surface area contributed by atoms with Gasteiger partial charge in [0.05, 0.1) is 11.1 Å². The van der Waals surface area contributed by atoms with E-state index in [0.717, 1.165) is 4.47 Å². The van der Waals surface area contributed by atoms with E-state index in [1.807, 2.05) is 6.92 Å². The lowest BCUT2D eigenvalue weighted by atomic mass is 10.2. The molecule has 0 saturated carbocycles. The van der Waals surface area contributed by atoms with Gasteiger partial charge in [-0.1, -0.05) is 39.1 Å². The smallest absolute Gasteiger partial charge is 0.251 e. The third-order valence-electron chi connectivity index (χ3n) is 3.36. The van der Waals surface area contributed by atoms with Crippen molar-refractivity contribution in [2.24, 2.45) is 0 Å². The van der Waals surface area contributed by atoms with Crippen molar-refractivity contribution in [3.63, 3.8) is 0 Å². The van der Waals surface area contributed by atoms with Crippen LogP contribution in [0.5, 0.6) is 0 Å². The number of carbonyl (C=O) groups is 1. The Morgan fingerprint density at radius 3 is 2.68 bits per heavy atom. The van der Waals surface area contributed by atoms with Gasteiger partial charge in [-0.25, -0.2) is 9.97 Å². The van der Waals surface area contributed by atoms with Crippen molar-refractivity contribution in [1.29, 1.82) is 0 Å². The predicted molar refractivity (Wildman–Crippen MR) is 99.2 cm³/mol. The van der Waals surface area contributed by atoms with Crippen molar-refractivity contribution in [3.8, 4) is 5.82 Å². The second-order valence-electron chi connectivity index (χ2n) is 5.22. The summed E-state index contributed by atoms with van der Waals surface area (Å²) in [6.07, 6.45) is 2.93. The molecule has 0 aliphatic heterocycles. The normalized spacial score (nSPS) is 12.0. The van der Waals surface area contributed by atoms with Gasteiger partial charge in [0.1, 0.15) is 6.33 Å². The summed E-state index contributed by atoms with van der Waals surface area (Å²) < 4.78 is 2.28. The molecule has 0 radical (unpaired) electrons. The Hall–Kier alpha value is -1.96. The van der Waals surface area contributed by atoms with Gasteiger partial charge >= 0.3 is 0 Å². The number of halogens is 3. The van der Waals surface area contributed by atoms with Gasteiger partial charge in [0.2, 0.25) is 0 Å². The van der Waals surface area contributed by atoms with Gasteiger partial charge in [0.15, 0.2) is 11.6 Å². The van der Waals surface area contributed by atoms with Gasteiger partial charge in [-0.05, 0) is 37.3 Å². The van der Waals surface area contributed by atoms with Crippen LogP contribution in [0.25, 0.3) is 5.82 Å². The largest absolute Gasteiger partial charge is 0.342 e. The highest BCUT2D eigenvalue weighted by Gasteiger charge is 2.18. The van der Waals surface area contributed by atoms with Crippen LogP contribution in [0.4, 0.5) is 0 Å².